The molecule has 1 aliphatic rings. The highest BCUT2D eigenvalue weighted by Gasteiger charge is 2.28. The third-order valence-corrected chi connectivity index (χ3v) is 3.47. The fourth-order valence-electron chi connectivity index (χ4n) is 2.28. The molecule has 1 aromatic rings. The Morgan fingerprint density at radius 2 is 2.05 bits per heavy atom. The minimum absolute atomic E-state index is 0.107. The molecule has 0 radical (unpaired) electrons. The maximum Gasteiger partial charge on any atom is 0.165 e. The van der Waals surface area contributed by atoms with Gasteiger partial charge in [0.25, 0.3) is 0 Å². The molecule has 0 aromatic heterocycles. The number of para-hydroxylation sites is 1. The van der Waals surface area contributed by atoms with Gasteiger partial charge in [0.2, 0.25) is 0 Å². The van der Waals surface area contributed by atoms with Gasteiger partial charge in [-0.25, -0.2) is 4.39 Å². The third-order valence-electron chi connectivity index (χ3n) is 3.47. The average molecular weight is 270 g/mol. The first-order chi connectivity index (χ1) is 9.09. The fraction of sp³-hybridized carbons (Fsp3) is 0.571. The monoisotopic (exact) mass is 270 g/mol. The summed E-state index contributed by atoms with van der Waals surface area (Å²) in [5.74, 6) is -0.215. The Morgan fingerprint density at radius 1 is 1.37 bits per heavy atom. The summed E-state index contributed by atoms with van der Waals surface area (Å²) in [6, 6.07) is 6.23. The number of quaternary nitrogens is 1. The topological polar surface area (TPSA) is 38.7 Å². The number of morpholine rings is 1. The third kappa shape index (κ3) is 4.16. The van der Waals surface area contributed by atoms with Gasteiger partial charge in [-0.2, -0.15) is 0 Å². The Morgan fingerprint density at radius 3 is 2.74 bits per heavy atom. The second-order valence-electron chi connectivity index (χ2n) is 5.26. The van der Waals surface area contributed by atoms with Crippen LogP contribution in [0.25, 0.3) is 0 Å². The van der Waals surface area contributed by atoms with E-state index in [2.05, 4.69) is 7.05 Å². The summed E-state index contributed by atoms with van der Waals surface area (Å²) in [5.41, 5.74) is 0. The highest BCUT2D eigenvalue weighted by Crippen LogP contribution is 2.16. The van der Waals surface area contributed by atoms with E-state index >= 15 is 0 Å². The van der Waals surface area contributed by atoms with Crippen molar-refractivity contribution in [3.63, 3.8) is 0 Å². The summed E-state index contributed by atoms with van der Waals surface area (Å²) in [6.07, 6.45) is -0.609. The van der Waals surface area contributed by atoms with E-state index in [1.807, 2.05) is 0 Å². The zero-order chi connectivity index (χ0) is 13.7. The molecule has 2 rings (SSSR count). The van der Waals surface area contributed by atoms with Gasteiger partial charge in [-0.3, -0.25) is 0 Å². The zero-order valence-corrected chi connectivity index (χ0v) is 11.2. The standard InChI is InChI=1S/C14H21FNO3/c1-16(6-8-18-9-7-16)10-12(17)11-19-14-5-3-2-4-13(14)15/h2-5,12,17H,6-11H2,1H3/q+1/t12-/m0/s1. The predicted octanol–water partition coefficient (Wildman–Crippen LogP) is 1.04. The largest absolute Gasteiger partial charge is 0.488 e. The molecule has 106 valence electrons. The molecule has 1 aromatic carbocycles. The SMILES string of the molecule is C[N+]1(C[C@H](O)COc2ccccc2F)CCOCC1. The van der Waals surface area contributed by atoms with Crippen LogP contribution in [0.5, 0.6) is 5.75 Å². The molecule has 19 heavy (non-hydrogen) atoms. The Hall–Kier alpha value is -1.17. The van der Waals surface area contributed by atoms with Crippen molar-refractivity contribution in [3.8, 4) is 5.75 Å². The molecule has 0 spiro atoms. The molecular weight excluding hydrogens is 249 g/mol. The number of nitrogens with zero attached hydrogens (tertiary/aromatic N) is 1. The molecule has 0 unspecified atom stereocenters. The second-order valence-corrected chi connectivity index (χ2v) is 5.26. The smallest absolute Gasteiger partial charge is 0.165 e. The van der Waals surface area contributed by atoms with Crippen molar-refractivity contribution in [2.24, 2.45) is 0 Å². The first-order valence-corrected chi connectivity index (χ1v) is 6.56. The van der Waals surface area contributed by atoms with Crippen LogP contribution in [0.1, 0.15) is 0 Å². The Balaban J connectivity index is 1.81. The molecule has 1 saturated heterocycles. The van der Waals surface area contributed by atoms with Gasteiger partial charge in [0.15, 0.2) is 11.6 Å². The molecular formula is C14H21FNO3+. The van der Waals surface area contributed by atoms with Crippen molar-refractivity contribution < 1.29 is 23.5 Å². The average Bonchev–Trinajstić information content (AvgIpc) is 2.38. The number of hydrogen-bond donors (Lipinski definition) is 1. The van der Waals surface area contributed by atoms with Crippen molar-refractivity contribution in [2.75, 3.05) is 46.5 Å². The van der Waals surface area contributed by atoms with Gasteiger partial charge in [-0.15, -0.1) is 0 Å². The zero-order valence-electron chi connectivity index (χ0n) is 11.2. The molecule has 1 fully saturated rings. The molecule has 1 aliphatic heterocycles. The van der Waals surface area contributed by atoms with Crippen LogP contribution in [0.3, 0.4) is 0 Å². The van der Waals surface area contributed by atoms with E-state index in [1.165, 1.54) is 6.07 Å². The van der Waals surface area contributed by atoms with Crippen LogP contribution in [0.2, 0.25) is 0 Å². The van der Waals surface area contributed by atoms with Crippen molar-refractivity contribution in [1.29, 1.82) is 0 Å². The molecule has 1 atom stereocenters. The van der Waals surface area contributed by atoms with E-state index < -0.39 is 11.9 Å². The van der Waals surface area contributed by atoms with Gasteiger partial charge < -0.3 is 19.1 Å². The summed E-state index contributed by atoms with van der Waals surface area (Å²) in [6.45, 7) is 3.91. The van der Waals surface area contributed by atoms with Crippen molar-refractivity contribution in [3.05, 3.63) is 30.1 Å². The van der Waals surface area contributed by atoms with Gasteiger partial charge in [0.05, 0.1) is 20.3 Å². The van der Waals surface area contributed by atoms with Crippen LogP contribution >= 0.6 is 0 Å². The Labute approximate surface area is 113 Å². The molecule has 5 heteroatoms. The Bertz CT molecular complexity index is 407. The first-order valence-electron chi connectivity index (χ1n) is 6.56. The normalized spacial score (nSPS) is 19.9. The lowest BCUT2D eigenvalue weighted by Crippen LogP contribution is -2.56. The summed E-state index contributed by atoms with van der Waals surface area (Å²) in [5, 5.41) is 10.0. The summed E-state index contributed by atoms with van der Waals surface area (Å²) < 4.78 is 24.7. The minimum Gasteiger partial charge on any atom is -0.488 e. The number of rotatable bonds is 5. The molecule has 1 N–H and O–H groups in total. The van der Waals surface area contributed by atoms with Crippen LogP contribution in [0.4, 0.5) is 4.39 Å². The van der Waals surface area contributed by atoms with Crippen LogP contribution in [0, 0.1) is 5.82 Å². The fourth-order valence-corrected chi connectivity index (χ4v) is 2.28. The molecule has 0 saturated carbocycles. The predicted molar refractivity (Wildman–Crippen MR) is 69.5 cm³/mol. The molecule has 0 bridgehead atoms. The molecule has 4 nitrogen and oxygen atoms in total. The van der Waals surface area contributed by atoms with Gasteiger partial charge in [-0.05, 0) is 12.1 Å². The Kier molecular flexibility index (Phi) is 4.74. The van der Waals surface area contributed by atoms with Gasteiger partial charge in [-0.1, -0.05) is 12.1 Å². The number of likely N-dealkylation sites (N-methyl/N-ethyl adjacent to an activating group) is 1. The first kappa shape index (κ1) is 14.2. The maximum atomic E-state index is 13.3. The van der Waals surface area contributed by atoms with E-state index in [-0.39, 0.29) is 12.4 Å². The van der Waals surface area contributed by atoms with E-state index in [9.17, 15) is 9.50 Å². The van der Waals surface area contributed by atoms with Gasteiger partial charge in [0.1, 0.15) is 32.3 Å². The van der Waals surface area contributed by atoms with Crippen LogP contribution in [0.15, 0.2) is 24.3 Å². The van der Waals surface area contributed by atoms with Gasteiger partial charge in [0, 0.05) is 0 Å². The second kappa shape index (κ2) is 6.32. The van der Waals surface area contributed by atoms with E-state index in [0.29, 0.717) is 6.54 Å². The van der Waals surface area contributed by atoms with Crippen LogP contribution < -0.4 is 4.74 Å². The molecule has 1 heterocycles. The highest BCUT2D eigenvalue weighted by atomic mass is 19.1. The molecule has 0 aliphatic carbocycles. The lowest BCUT2D eigenvalue weighted by molar-refractivity contribution is -0.919. The number of aliphatic hydroxyl groups is 1. The quantitative estimate of drug-likeness (QED) is 0.813. The lowest BCUT2D eigenvalue weighted by Gasteiger charge is -2.38. The van der Waals surface area contributed by atoms with Crippen molar-refractivity contribution in [2.45, 2.75) is 6.10 Å². The number of benzene rings is 1. The molecule has 0 amide bonds. The van der Waals surface area contributed by atoms with E-state index in [0.717, 1.165) is 30.8 Å². The summed E-state index contributed by atoms with van der Waals surface area (Å²) in [4.78, 5) is 0. The van der Waals surface area contributed by atoms with E-state index in [1.54, 1.807) is 18.2 Å². The number of hydrogen-bond acceptors (Lipinski definition) is 3. The summed E-state index contributed by atoms with van der Waals surface area (Å²) in [7, 11) is 2.09. The van der Waals surface area contributed by atoms with E-state index in [4.69, 9.17) is 9.47 Å². The number of ether oxygens (including phenoxy) is 2. The van der Waals surface area contributed by atoms with Crippen LogP contribution in [-0.4, -0.2) is 62.2 Å². The summed E-state index contributed by atoms with van der Waals surface area (Å²) >= 11 is 0. The van der Waals surface area contributed by atoms with Crippen molar-refractivity contribution >= 4 is 0 Å². The van der Waals surface area contributed by atoms with Gasteiger partial charge >= 0.3 is 0 Å². The lowest BCUT2D eigenvalue weighted by atomic mass is 10.2. The van der Waals surface area contributed by atoms with Crippen LogP contribution in [-0.2, 0) is 4.74 Å². The number of aliphatic hydroxyl groups excluding tert-OH is 1. The highest BCUT2D eigenvalue weighted by molar-refractivity contribution is 5.23. The minimum atomic E-state index is -0.609. The maximum absolute atomic E-state index is 13.3. The number of halogens is 1. The van der Waals surface area contributed by atoms with Crippen molar-refractivity contribution in [1.82, 2.24) is 0 Å².